The van der Waals surface area contributed by atoms with Gasteiger partial charge in [0, 0.05) is 5.69 Å². The third kappa shape index (κ3) is 2.79. The van der Waals surface area contributed by atoms with Gasteiger partial charge in [-0.15, -0.1) is 0 Å². The van der Waals surface area contributed by atoms with Gasteiger partial charge < -0.3 is 4.98 Å². The predicted molar refractivity (Wildman–Crippen MR) is 67.3 cm³/mol. The molecule has 0 saturated heterocycles. The Kier molecular flexibility index (Phi) is 3.52. The fraction of sp³-hybridized carbons (Fsp3) is 0.538. The van der Waals surface area contributed by atoms with Crippen LogP contribution in [0.4, 0.5) is 0 Å². The van der Waals surface area contributed by atoms with Crippen LogP contribution in [0.2, 0.25) is 0 Å². The molecule has 1 heterocycles. The molecular weight excluding hydrogens is 232 g/mol. The number of aryl methyl sites for hydroxylation is 2. The highest BCUT2D eigenvalue weighted by atomic mass is 16.7. The van der Waals surface area contributed by atoms with Gasteiger partial charge in [0.05, 0.1) is 6.10 Å². The number of hydroxylamine groups is 1. The Balaban J connectivity index is 2.04. The van der Waals surface area contributed by atoms with Crippen molar-refractivity contribution in [1.29, 1.82) is 0 Å². The van der Waals surface area contributed by atoms with Crippen LogP contribution in [0, 0.1) is 19.8 Å². The van der Waals surface area contributed by atoms with Crippen molar-refractivity contribution in [3.63, 3.8) is 0 Å². The van der Waals surface area contributed by atoms with Gasteiger partial charge in [0.1, 0.15) is 5.56 Å². The molecule has 1 atom stereocenters. The molecule has 0 aromatic carbocycles. The molecule has 5 heteroatoms. The van der Waals surface area contributed by atoms with Gasteiger partial charge in [0.15, 0.2) is 0 Å². The molecule has 0 aliphatic heterocycles. The largest absolute Gasteiger partial charge is 0.326 e. The van der Waals surface area contributed by atoms with Crippen molar-refractivity contribution in [2.75, 3.05) is 0 Å². The minimum atomic E-state index is -0.494. The molecule has 1 saturated carbocycles. The first-order valence-corrected chi connectivity index (χ1v) is 6.15. The maximum absolute atomic E-state index is 11.8. The Bertz CT molecular complexity index is 517. The van der Waals surface area contributed by atoms with Crippen molar-refractivity contribution in [3.05, 3.63) is 33.2 Å². The molecule has 18 heavy (non-hydrogen) atoms. The van der Waals surface area contributed by atoms with Gasteiger partial charge in [-0.3, -0.25) is 14.4 Å². The second-order valence-electron chi connectivity index (χ2n) is 4.91. The number of carbonyl (C=O) groups excluding carboxylic acids is 1. The number of amides is 1. The van der Waals surface area contributed by atoms with E-state index in [0.717, 1.165) is 24.1 Å². The summed E-state index contributed by atoms with van der Waals surface area (Å²) >= 11 is 0. The van der Waals surface area contributed by atoms with Crippen molar-refractivity contribution in [2.24, 2.45) is 5.92 Å². The molecule has 1 aromatic heterocycles. The van der Waals surface area contributed by atoms with Crippen LogP contribution in [0.3, 0.4) is 0 Å². The molecule has 1 fully saturated rings. The summed E-state index contributed by atoms with van der Waals surface area (Å²) in [6.07, 6.45) is 2.28. The average Bonchev–Trinajstić information content (AvgIpc) is 3.14. The number of nitrogens with one attached hydrogen (secondary N) is 2. The van der Waals surface area contributed by atoms with Gasteiger partial charge >= 0.3 is 0 Å². The summed E-state index contributed by atoms with van der Waals surface area (Å²) in [7, 11) is 0. The fourth-order valence-electron chi connectivity index (χ4n) is 1.76. The molecule has 0 spiro atoms. The first kappa shape index (κ1) is 12.8. The minimum Gasteiger partial charge on any atom is -0.326 e. The third-order valence-corrected chi connectivity index (χ3v) is 3.37. The first-order chi connectivity index (χ1) is 8.49. The Morgan fingerprint density at radius 3 is 2.78 bits per heavy atom. The molecule has 1 amide bonds. The van der Waals surface area contributed by atoms with Gasteiger partial charge in [0.2, 0.25) is 0 Å². The molecule has 5 nitrogen and oxygen atoms in total. The summed E-state index contributed by atoms with van der Waals surface area (Å²) in [5, 5.41) is 0. The Labute approximate surface area is 106 Å². The van der Waals surface area contributed by atoms with Crippen LogP contribution in [-0.2, 0) is 4.84 Å². The second kappa shape index (κ2) is 4.94. The number of carbonyl (C=O) groups is 1. The summed E-state index contributed by atoms with van der Waals surface area (Å²) in [5.41, 5.74) is 3.68. The van der Waals surface area contributed by atoms with E-state index in [1.165, 1.54) is 0 Å². The van der Waals surface area contributed by atoms with Crippen molar-refractivity contribution >= 4 is 5.91 Å². The monoisotopic (exact) mass is 250 g/mol. The Hall–Kier alpha value is -1.62. The van der Waals surface area contributed by atoms with Crippen molar-refractivity contribution < 1.29 is 9.63 Å². The molecular formula is C13H18N2O3. The predicted octanol–water partition coefficient (Wildman–Crippen LogP) is 1.45. The molecule has 2 N–H and O–H groups in total. The molecule has 2 rings (SSSR count). The van der Waals surface area contributed by atoms with E-state index < -0.39 is 11.5 Å². The van der Waals surface area contributed by atoms with Crippen molar-refractivity contribution in [1.82, 2.24) is 10.5 Å². The van der Waals surface area contributed by atoms with E-state index in [4.69, 9.17) is 4.84 Å². The van der Waals surface area contributed by atoms with Gasteiger partial charge in [-0.05, 0) is 51.2 Å². The topological polar surface area (TPSA) is 71.2 Å². The zero-order valence-electron chi connectivity index (χ0n) is 10.9. The fourth-order valence-corrected chi connectivity index (χ4v) is 1.76. The number of hydrogen-bond acceptors (Lipinski definition) is 3. The highest BCUT2D eigenvalue weighted by Gasteiger charge is 2.29. The molecule has 0 radical (unpaired) electrons. The van der Waals surface area contributed by atoms with Crippen LogP contribution in [-0.4, -0.2) is 17.0 Å². The number of aromatic amines is 1. The van der Waals surface area contributed by atoms with E-state index in [1.807, 2.05) is 13.8 Å². The van der Waals surface area contributed by atoms with Crippen molar-refractivity contribution in [2.45, 2.75) is 39.7 Å². The smallest absolute Gasteiger partial charge is 0.280 e. The van der Waals surface area contributed by atoms with E-state index in [-0.39, 0.29) is 11.7 Å². The van der Waals surface area contributed by atoms with Crippen LogP contribution in [0.15, 0.2) is 10.9 Å². The number of aromatic nitrogens is 1. The summed E-state index contributed by atoms with van der Waals surface area (Å²) in [4.78, 5) is 31.4. The maximum atomic E-state index is 11.8. The molecule has 0 bridgehead atoms. The number of H-pyrrole nitrogens is 1. The first-order valence-electron chi connectivity index (χ1n) is 6.15. The average molecular weight is 250 g/mol. The van der Waals surface area contributed by atoms with Crippen LogP contribution in [0.25, 0.3) is 0 Å². The molecule has 0 unspecified atom stereocenters. The molecule has 1 aliphatic rings. The molecule has 98 valence electrons. The summed E-state index contributed by atoms with van der Waals surface area (Å²) in [6.45, 7) is 5.56. The molecule has 1 aromatic rings. The Morgan fingerprint density at radius 1 is 1.50 bits per heavy atom. The van der Waals surface area contributed by atoms with Gasteiger partial charge in [-0.25, -0.2) is 5.48 Å². The SMILES string of the molecule is Cc1cc(C(=O)NO[C@@H](C)C2CC2)c(=O)[nH]c1C. The van der Waals surface area contributed by atoms with E-state index in [1.54, 1.807) is 13.0 Å². The highest BCUT2D eigenvalue weighted by Crippen LogP contribution is 2.33. The lowest BCUT2D eigenvalue weighted by atomic mass is 10.1. The third-order valence-electron chi connectivity index (χ3n) is 3.37. The van der Waals surface area contributed by atoms with Crippen LogP contribution < -0.4 is 11.0 Å². The lowest BCUT2D eigenvalue weighted by Crippen LogP contribution is -2.33. The quantitative estimate of drug-likeness (QED) is 0.794. The van der Waals surface area contributed by atoms with E-state index in [9.17, 15) is 9.59 Å². The van der Waals surface area contributed by atoms with E-state index >= 15 is 0 Å². The lowest BCUT2D eigenvalue weighted by molar-refractivity contribution is -0.0171. The molecule has 1 aliphatic carbocycles. The Morgan fingerprint density at radius 2 is 2.17 bits per heavy atom. The van der Waals surface area contributed by atoms with E-state index in [2.05, 4.69) is 10.5 Å². The summed E-state index contributed by atoms with van der Waals surface area (Å²) in [6, 6.07) is 1.58. The standard InChI is InChI=1S/C13H18N2O3/c1-7-6-11(12(16)14-8(7)2)13(17)15-18-9(3)10-4-5-10/h6,9-10H,4-5H2,1-3H3,(H,14,16)(H,15,17)/t9-/m0/s1. The maximum Gasteiger partial charge on any atom is 0.280 e. The zero-order valence-corrected chi connectivity index (χ0v) is 10.9. The number of pyridine rings is 1. The number of rotatable bonds is 4. The van der Waals surface area contributed by atoms with E-state index in [0.29, 0.717) is 5.92 Å². The minimum absolute atomic E-state index is 0.000392. The zero-order chi connectivity index (χ0) is 13.3. The second-order valence-corrected chi connectivity index (χ2v) is 4.91. The summed E-state index contributed by atoms with van der Waals surface area (Å²) < 4.78 is 0. The van der Waals surface area contributed by atoms with Crippen LogP contribution >= 0.6 is 0 Å². The van der Waals surface area contributed by atoms with Gasteiger partial charge in [-0.1, -0.05) is 0 Å². The van der Waals surface area contributed by atoms with Crippen molar-refractivity contribution in [3.8, 4) is 0 Å². The number of hydrogen-bond donors (Lipinski definition) is 2. The van der Waals surface area contributed by atoms with Gasteiger partial charge in [-0.2, -0.15) is 0 Å². The normalized spacial score (nSPS) is 16.4. The summed E-state index contributed by atoms with van der Waals surface area (Å²) in [5.74, 6) is 0.0372. The van der Waals surface area contributed by atoms with Crippen LogP contribution in [0.1, 0.15) is 41.4 Å². The lowest BCUT2D eigenvalue weighted by Gasteiger charge is -2.12. The van der Waals surface area contributed by atoms with Crippen LogP contribution in [0.5, 0.6) is 0 Å². The van der Waals surface area contributed by atoms with Gasteiger partial charge in [0.25, 0.3) is 11.5 Å². The highest BCUT2D eigenvalue weighted by molar-refractivity contribution is 5.93.